The van der Waals surface area contributed by atoms with E-state index >= 15 is 0 Å². The maximum atomic E-state index is 10.5. The fraction of sp³-hybridized carbons (Fsp3) is 1.00. The molecule has 0 aromatic carbocycles. The van der Waals surface area contributed by atoms with Crippen molar-refractivity contribution in [2.45, 2.75) is 0 Å². The Morgan fingerprint density at radius 2 is 1.83 bits per heavy atom. The van der Waals surface area contributed by atoms with Crippen molar-refractivity contribution in [3.63, 3.8) is 0 Å². The Balaban J connectivity index is 3.48. The zero-order valence-corrected chi connectivity index (χ0v) is 7.35. The third kappa shape index (κ3) is 5.18. The number of hydrogen-bond acceptors (Lipinski definition) is 1. The maximum absolute atomic E-state index is 10.5. The molecule has 0 fully saturated rings. The van der Waals surface area contributed by atoms with Gasteiger partial charge in [0, 0.05) is 0 Å². The number of rotatable bonds is 1. The van der Waals surface area contributed by atoms with Crippen molar-refractivity contribution in [2.75, 3.05) is 12.5 Å². The van der Waals surface area contributed by atoms with Gasteiger partial charge in [-0.2, -0.15) is 0 Å². The van der Waals surface area contributed by atoms with Crippen molar-refractivity contribution >= 4 is 16.6 Å². The molecule has 0 rings (SSSR count). The van der Waals surface area contributed by atoms with Gasteiger partial charge in [-0.1, -0.05) is 0 Å². The van der Waals surface area contributed by atoms with Crippen LogP contribution in [0.25, 0.3) is 0 Å². The molecule has 0 heterocycles. The first kappa shape index (κ1) is 7.18. The molecule has 0 N–H and O–H groups in total. The second-order valence-electron chi connectivity index (χ2n) is 1.19. The molecular formula is C2H7AuClOS. The van der Waals surface area contributed by atoms with Gasteiger partial charge in [0.25, 0.3) is 0 Å². The molecule has 0 amide bonds. The predicted octanol–water partition coefficient (Wildman–Crippen LogP) is 0.414. The minimum absolute atomic E-state index is 0.414. The topological polar surface area (TPSA) is 17.1 Å². The molecular weight excluding hydrogens is 305 g/mol. The molecule has 0 unspecified atom stereocenters. The van der Waals surface area contributed by atoms with Gasteiger partial charge in [-0.3, -0.25) is 0 Å². The van der Waals surface area contributed by atoms with Gasteiger partial charge in [0.2, 0.25) is 0 Å². The Kier molecular flexibility index (Phi) is 2.97. The fourth-order valence-electron chi connectivity index (χ4n) is 0. The Morgan fingerprint density at radius 3 is 1.83 bits per heavy atom. The molecule has 0 bridgehead atoms. The van der Waals surface area contributed by atoms with E-state index < -0.39 is 24.7 Å². The van der Waals surface area contributed by atoms with Crippen molar-refractivity contribution in [3.8, 4) is 0 Å². The number of halogens is 1. The zero-order valence-electron chi connectivity index (χ0n) is 3.53. The second-order valence-corrected chi connectivity index (χ2v) is 14.2. The molecule has 0 atom stereocenters. The molecule has 0 aliphatic rings. The molecule has 45 valence electrons. The standard InChI is InChI=1S/C2H7OS.Au.ClH/c1-4(2)3;;/h4H,1-2H3;;1H/q;+1;/p-1. The normalized spacial score (nSPS) is 15.2. The molecule has 6 heavy (non-hydrogen) atoms. The number of thiol groups is 1. The van der Waals surface area contributed by atoms with Crippen LogP contribution in [0.5, 0.6) is 0 Å². The van der Waals surface area contributed by atoms with Crippen molar-refractivity contribution < 1.29 is 21.6 Å². The van der Waals surface area contributed by atoms with Crippen LogP contribution in [0.2, 0.25) is 0 Å². The molecule has 0 aliphatic heterocycles. The molecule has 0 saturated carbocycles. The summed E-state index contributed by atoms with van der Waals surface area (Å²) in [5.41, 5.74) is 0. The average molecular weight is 312 g/mol. The first-order valence-corrected chi connectivity index (χ1v) is 9.34. The van der Waals surface area contributed by atoms with E-state index in [2.05, 4.69) is 0 Å². The van der Waals surface area contributed by atoms with Crippen LogP contribution in [0.3, 0.4) is 0 Å². The summed E-state index contributed by atoms with van der Waals surface area (Å²) in [5.74, 6) is 0. The molecule has 0 spiro atoms. The Bertz CT molecular complexity index is 77.6. The molecule has 0 saturated heterocycles. The zero-order chi connectivity index (χ0) is 5.21. The van der Waals surface area contributed by atoms with Crippen molar-refractivity contribution in [3.05, 3.63) is 0 Å². The van der Waals surface area contributed by atoms with Crippen LogP contribution in [0.1, 0.15) is 0 Å². The van der Waals surface area contributed by atoms with Crippen LogP contribution >= 0.6 is 9.19 Å². The summed E-state index contributed by atoms with van der Waals surface area (Å²) in [6.07, 6.45) is 3.42. The van der Waals surface area contributed by atoms with Crippen LogP contribution in [-0.2, 0) is 24.7 Å². The quantitative estimate of drug-likeness (QED) is 0.548. The number of hydrogen-bond donors (Lipinski definition) is 1. The van der Waals surface area contributed by atoms with Crippen molar-refractivity contribution in [2.24, 2.45) is 0 Å². The first-order valence-electron chi connectivity index (χ1n) is 1.33. The Hall–Kier alpha value is 1.18. The Labute approximate surface area is 50.6 Å². The monoisotopic (exact) mass is 311 g/mol. The van der Waals surface area contributed by atoms with Crippen LogP contribution in [0.4, 0.5) is 0 Å². The van der Waals surface area contributed by atoms with Gasteiger partial charge in [0.15, 0.2) is 0 Å². The summed E-state index contributed by atoms with van der Waals surface area (Å²) in [6.45, 7) is 0. The van der Waals surface area contributed by atoms with Gasteiger partial charge in [0.05, 0.1) is 0 Å². The summed E-state index contributed by atoms with van der Waals surface area (Å²) < 4.78 is 10.5. The van der Waals surface area contributed by atoms with Crippen LogP contribution in [-0.4, -0.2) is 16.7 Å². The van der Waals surface area contributed by atoms with E-state index in [0.29, 0.717) is 0 Å². The van der Waals surface area contributed by atoms with Gasteiger partial charge >= 0.3 is 50.7 Å². The third-order valence-electron chi connectivity index (χ3n) is 0.123. The van der Waals surface area contributed by atoms with Gasteiger partial charge < -0.3 is 0 Å². The summed E-state index contributed by atoms with van der Waals surface area (Å²) in [7, 11) is 3.53. The fourth-order valence-corrected chi connectivity index (χ4v) is 0. The Morgan fingerprint density at radius 1 is 1.67 bits per heavy atom. The first-order chi connectivity index (χ1) is 2.56. The molecule has 1 nitrogen and oxygen atoms in total. The molecule has 0 aromatic rings. The van der Waals surface area contributed by atoms with E-state index in [4.69, 9.17) is 9.19 Å². The van der Waals surface area contributed by atoms with Crippen molar-refractivity contribution in [1.82, 2.24) is 0 Å². The predicted molar refractivity (Wildman–Crippen MR) is 27.2 cm³/mol. The molecule has 0 radical (unpaired) electrons. The molecule has 0 aromatic heterocycles. The van der Waals surface area contributed by atoms with Gasteiger partial charge in [-0.15, -0.1) is 0 Å². The van der Waals surface area contributed by atoms with Gasteiger partial charge in [-0.25, -0.2) is 0 Å². The van der Waals surface area contributed by atoms with Crippen LogP contribution in [0, 0.1) is 0 Å². The van der Waals surface area contributed by atoms with E-state index in [9.17, 15) is 4.21 Å². The SMILES string of the molecule is C[SH](C)(=O)[Au][Cl]. The van der Waals surface area contributed by atoms with E-state index in [1.165, 1.54) is 0 Å². The summed E-state index contributed by atoms with van der Waals surface area (Å²) in [4.78, 5) is 0. The molecule has 0 aliphatic carbocycles. The summed E-state index contributed by atoms with van der Waals surface area (Å²) in [5, 5.41) is 0. The van der Waals surface area contributed by atoms with E-state index in [1.807, 2.05) is 0 Å². The van der Waals surface area contributed by atoms with Gasteiger partial charge in [0.1, 0.15) is 0 Å². The van der Waals surface area contributed by atoms with Crippen LogP contribution in [0.15, 0.2) is 0 Å². The van der Waals surface area contributed by atoms with Crippen molar-refractivity contribution in [1.29, 1.82) is 0 Å². The summed E-state index contributed by atoms with van der Waals surface area (Å²) in [6, 6.07) is 0. The third-order valence-corrected chi connectivity index (χ3v) is 9.04. The van der Waals surface area contributed by atoms with E-state index in [0.717, 1.165) is 0 Å². The average Bonchev–Trinajstić information content (AvgIpc) is 1.35. The second kappa shape index (κ2) is 2.48. The molecule has 4 heteroatoms. The van der Waals surface area contributed by atoms with E-state index in [-0.39, 0.29) is 0 Å². The van der Waals surface area contributed by atoms with Crippen LogP contribution < -0.4 is 0 Å². The summed E-state index contributed by atoms with van der Waals surface area (Å²) >= 11 is -0.414. The van der Waals surface area contributed by atoms with Gasteiger partial charge in [-0.05, 0) is 0 Å². The minimum atomic E-state index is -1.78. The van der Waals surface area contributed by atoms with E-state index in [1.54, 1.807) is 12.5 Å².